The van der Waals surface area contributed by atoms with Crippen molar-refractivity contribution in [2.75, 3.05) is 6.54 Å². The average Bonchev–Trinajstić information content (AvgIpc) is 3.54. The minimum atomic E-state index is -0.304. The molecule has 0 radical (unpaired) electrons. The summed E-state index contributed by atoms with van der Waals surface area (Å²) in [5.41, 5.74) is 3.49. The predicted molar refractivity (Wildman–Crippen MR) is 143 cm³/mol. The van der Waals surface area contributed by atoms with Gasteiger partial charge in [0.1, 0.15) is 29.6 Å². The largest absolute Gasteiger partial charge is 0.489 e. The molecule has 1 amide bonds. The van der Waals surface area contributed by atoms with Crippen molar-refractivity contribution in [3.63, 3.8) is 0 Å². The van der Waals surface area contributed by atoms with Crippen LogP contribution in [-0.2, 0) is 24.5 Å². The van der Waals surface area contributed by atoms with E-state index in [1.54, 1.807) is 30.8 Å². The molecule has 38 heavy (non-hydrogen) atoms. The fourth-order valence-corrected chi connectivity index (χ4v) is 5.69. The van der Waals surface area contributed by atoms with Crippen LogP contribution >= 0.6 is 11.8 Å². The van der Waals surface area contributed by atoms with E-state index in [-0.39, 0.29) is 29.6 Å². The average molecular weight is 533 g/mol. The highest BCUT2D eigenvalue weighted by Gasteiger charge is 2.37. The van der Waals surface area contributed by atoms with E-state index in [2.05, 4.69) is 20.5 Å². The molecule has 3 aromatic carbocycles. The number of hydrogen-bond donors (Lipinski definition) is 1. The Balaban J connectivity index is 1.24. The van der Waals surface area contributed by atoms with Gasteiger partial charge in [0.25, 0.3) is 0 Å². The standard InChI is InChI=1S/C29H29FN4O3S/c1-20-27(33-37-32-20)16-31-29(35)28-15-26(38-25-13-9-23(30)10-14-25)18-34(28)17-21-7-11-24(12-8-21)36-19-22-5-3-2-4-6-22/h2-14,26,28H,15-19H2,1H3,(H,31,35)/t26-,28+/m1/s1. The van der Waals surface area contributed by atoms with E-state index in [0.717, 1.165) is 28.3 Å². The van der Waals surface area contributed by atoms with Gasteiger partial charge in [-0.1, -0.05) is 52.8 Å². The molecule has 1 aromatic heterocycles. The van der Waals surface area contributed by atoms with E-state index < -0.39 is 0 Å². The summed E-state index contributed by atoms with van der Waals surface area (Å²) in [6, 6.07) is 24.3. The van der Waals surface area contributed by atoms with Crippen LogP contribution in [0.15, 0.2) is 88.4 Å². The number of nitrogens with one attached hydrogen (secondary N) is 1. The number of rotatable bonds is 10. The van der Waals surface area contributed by atoms with Gasteiger partial charge in [0.15, 0.2) is 0 Å². The number of hydrogen-bond acceptors (Lipinski definition) is 7. The zero-order valence-corrected chi connectivity index (χ0v) is 21.9. The minimum absolute atomic E-state index is 0.0579. The molecule has 9 heteroatoms. The van der Waals surface area contributed by atoms with Crippen LogP contribution in [0.3, 0.4) is 0 Å². The van der Waals surface area contributed by atoms with Gasteiger partial charge in [0.05, 0.1) is 12.6 Å². The first-order chi connectivity index (χ1) is 18.5. The predicted octanol–water partition coefficient (Wildman–Crippen LogP) is 5.15. The van der Waals surface area contributed by atoms with Crippen molar-refractivity contribution in [1.82, 2.24) is 20.5 Å². The lowest BCUT2D eigenvalue weighted by atomic mass is 10.1. The summed E-state index contributed by atoms with van der Waals surface area (Å²) >= 11 is 1.67. The maximum Gasteiger partial charge on any atom is 0.237 e. The molecule has 0 aliphatic carbocycles. The lowest BCUT2D eigenvalue weighted by Gasteiger charge is -2.23. The third kappa shape index (κ3) is 6.79. The molecule has 1 N–H and O–H groups in total. The van der Waals surface area contributed by atoms with Crippen molar-refractivity contribution >= 4 is 17.7 Å². The second kappa shape index (κ2) is 12.2. The summed E-state index contributed by atoms with van der Waals surface area (Å²) in [7, 11) is 0. The Morgan fingerprint density at radius 1 is 1.05 bits per heavy atom. The Morgan fingerprint density at radius 3 is 2.53 bits per heavy atom. The molecule has 4 aromatic rings. The summed E-state index contributed by atoms with van der Waals surface area (Å²) in [6.07, 6.45) is 0.683. The SMILES string of the molecule is Cc1nonc1CNC(=O)[C@@H]1C[C@@H](Sc2ccc(F)cc2)CN1Cc1ccc(OCc2ccccc2)cc1. The Hall–Kier alpha value is -3.69. The topological polar surface area (TPSA) is 80.5 Å². The Labute approximate surface area is 225 Å². The molecule has 0 unspecified atom stereocenters. The number of aromatic nitrogens is 2. The molecular weight excluding hydrogens is 503 g/mol. The van der Waals surface area contributed by atoms with Gasteiger partial charge in [-0.25, -0.2) is 9.02 Å². The van der Waals surface area contributed by atoms with Crippen LogP contribution in [-0.4, -0.2) is 39.0 Å². The summed E-state index contributed by atoms with van der Waals surface area (Å²) in [6.45, 7) is 3.93. The number of carbonyl (C=O) groups excluding carboxylic acids is 1. The second-order valence-corrected chi connectivity index (χ2v) is 10.7. The number of thioether (sulfide) groups is 1. The number of nitrogens with zero attached hydrogens (tertiary/aromatic N) is 3. The molecular formula is C29H29FN4O3S. The molecule has 1 aliphatic heterocycles. The van der Waals surface area contributed by atoms with Gasteiger partial charge in [-0.05, 0) is 60.9 Å². The number of aryl methyl sites for hydroxylation is 1. The highest BCUT2D eigenvalue weighted by molar-refractivity contribution is 8.00. The van der Waals surface area contributed by atoms with E-state index in [1.807, 2.05) is 54.6 Å². The fraction of sp³-hybridized carbons (Fsp3) is 0.276. The van der Waals surface area contributed by atoms with Gasteiger partial charge in [-0.2, -0.15) is 0 Å². The minimum Gasteiger partial charge on any atom is -0.489 e. The molecule has 1 aliphatic rings. The zero-order chi connectivity index (χ0) is 26.3. The van der Waals surface area contributed by atoms with Crippen LogP contribution in [0.1, 0.15) is 28.9 Å². The molecule has 2 heterocycles. The lowest BCUT2D eigenvalue weighted by Crippen LogP contribution is -2.42. The van der Waals surface area contributed by atoms with Crippen molar-refractivity contribution in [1.29, 1.82) is 0 Å². The highest BCUT2D eigenvalue weighted by atomic mass is 32.2. The fourth-order valence-electron chi connectivity index (χ4n) is 4.47. The van der Waals surface area contributed by atoms with Crippen LogP contribution < -0.4 is 10.1 Å². The van der Waals surface area contributed by atoms with Crippen molar-refractivity contribution in [3.05, 3.63) is 107 Å². The van der Waals surface area contributed by atoms with Gasteiger partial charge >= 0.3 is 0 Å². The second-order valence-electron chi connectivity index (χ2n) is 9.31. The first-order valence-electron chi connectivity index (χ1n) is 12.5. The number of benzene rings is 3. The van der Waals surface area contributed by atoms with E-state index in [9.17, 15) is 9.18 Å². The zero-order valence-electron chi connectivity index (χ0n) is 21.0. The Kier molecular flexibility index (Phi) is 8.35. The highest BCUT2D eigenvalue weighted by Crippen LogP contribution is 2.34. The van der Waals surface area contributed by atoms with E-state index >= 15 is 0 Å². The number of halogens is 1. The smallest absolute Gasteiger partial charge is 0.237 e. The molecule has 1 saturated heterocycles. The summed E-state index contributed by atoms with van der Waals surface area (Å²) in [4.78, 5) is 16.4. The maximum atomic E-state index is 13.4. The summed E-state index contributed by atoms with van der Waals surface area (Å²) in [5, 5.41) is 10.8. The van der Waals surface area contributed by atoms with Crippen molar-refractivity contribution in [2.45, 2.75) is 49.2 Å². The van der Waals surface area contributed by atoms with Crippen LogP contribution in [0.25, 0.3) is 0 Å². The van der Waals surface area contributed by atoms with Gasteiger partial charge in [-0.15, -0.1) is 11.8 Å². The molecule has 1 fully saturated rings. The van der Waals surface area contributed by atoms with Crippen LogP contribution in [0.2, 0.25) is 0 Å². The van der Waals surface area contributed by atoms with Crippen LogP contribution in [0, 0.1) is 12.7 Å². The molecule has 7 nitrogen and oxygen atoms in total. The van der Waals surface area contributed by atoms with Crippen LogP contribution in [0.5, 0.6) is 5.75 Å². The first kappa shape index (κ1) is 25.9. The Morgan fingerprint density at radius 2 is 1.82 bits per heavy atom. The van der Waals surface area contributed by atoms with Gasteiger partial charge < -0.3 is 10.1 Å². The monoisotopic (exact) mass is 532 g/mol. The molecule has 0 spiro atoms. The number of carbonyl (C=O) groups is 1. The summed E-state index contributed by atoms with van der Waals surface area (Å²) in [5.74, 6) is 0.487. The normalized spacial score (nSPS) is 17.4. The molecule has 5 rings (SSSR count). The number of amides is 1. The third-order valence-corrected chi connectivity index (χ3v) is 7.74. The van der Waals surface area contributed by atoms with Crippen molar-refractivity contribution in [3.8, 4) is 5.75 Å². The molecule has 0 bridgehead atoms. The summed E-state index contributed by atoms with van der Waals surface area (Å²) < 4.78 is 24.0. The van der Waals surface area contributed by atoms with Crippen molar-refractivity contribution < 1.29 is 18.6 Å². The van der Waals surface area contributed by atoms with E-state index in [4.69, 9.17) is 9.37 Å². The quantitative estimate of drug-likeness (QED) is 0.303. The molecule has 196 valence electrons. The van der Waals surface area contributed by atoms with E-state index in [1.165, 1.54) is 12.1 Å². The lowest BCUT2D eigenvalue weighted by molar-refractivity contribution is -0.125. The maximum absolute atomic E-state index is 13.4. The first-order valence-corrected chi connectivity index (χ1v) is 13.4. The van der Waals surface area contributed by atoms with Crippen molar-refractivity contribution in [2.24, 2.45) is 0 Å². The van der Waals surface area contributed by atoms with E-state index in [0.29, 0.717) is 31.0 Å². The van der Waals surface area contributed by atoms with Gasteiger partial charge in [0, 0.05) is 23.2 Å². The molecule has 2 atom stereocenters. The van der Waals surface area contributed by atoms with Gasteiger partial charge in [-0.3, -0.25) is 9.69 Å². The Bertz CT molecular complexity index is 1330. The van der Waals surface area contributed by atoms with Crippen LogP contribution in [0.4, 0.5) is 4.39 Å². The van der Waals surface area contributed by atoms with Gasteiger partial charge in [0.2, 0.25) is 5.91 Å². The third-order valence-electron chi connectivity index (χ3n) is 6.52. The number of likely N-dealkylation sites (tertiary alicyclic amines) is 1. The molecule has 0 saturated carbocycles. The number of ether oxygens (including phenoxy) is 1.